The Labute approximate surface area is 234 Å². The summed E-state index contributed by atoms with van der Waals surface area (Å²) in [6.07, 6.45) is 0.316. The van der Waals surface area contributed by atoms with E-state index in [-0.39, 0.29) is 34.0 Å². The molecule has 0 heterocycles. The van der Waals surface area contributed by atoms with Crippen LogP contribution in [0.1, 0.15) is 32.8 Å². The summed E-state index contributed by atoms with van der Waals surface area (Å²) in [6, 6.07) is 19.4. The van der Waals surface area contributed by atoms with Crippen molar-refractivity contribution in [2.24, 2.45) is 5.92 Å². The molecule has 0 aliphatic rings. The van der Waals surface area contributed by atoms with E-state index in [1.165, 1.54) is 29.2 Å². The van der Waals surface area contributed by atoms with Gasteiger partial charge in [0, 0.05) is 13.1 Å². The topological polar surface area (TPSA) is 86.8 Å². The van der Waals surface area contributed by atoms with Gasteiger partial charge in [-0.25, -0.2) is 12.8 Å². The molecule has 39 heavy (non-hydrogen) atoms. The molecule has 0 aliphatic carbocycles. The van der Waals surface area contributed by atoms with Gasteiger partial charge in [-0.2, -0.15) is 0 Å². The maximum atomic E-state index is 14.0. The largest absolute Gasteiger partial charge is 0.354 e. The van der Waals surface area contributed by atoms with Crippen molar-refractivity contribution in [1.82, 2.24) is 10.2 Å². The Kier molecular flexibility index (Phi) is 10.5. The van der Waals surface area contributed by atoms with Crippen LogP contribution in [0.25, 0.3) is 0 Å². The lowest BCUT2D eigenvalue weighted by molar-refractivity contribution is -0.140. The molecular formula is C29H33ClFN3O4S. The molecule has 0 spiro atoms. The molecule has 7 nitrogen and oxygen atoms in total. The number of carbonyl (C=O) groups excluding carboxylic acids is 2. The number of hydrogen-bond acceptors (Lipinski definition) is 4. The number of rotatable bonds is 12. The minimum atomic E-state index is -4.26. The third-order valence-electron chi connectivity index (χ3n) is 6.07. The minimum Gasteiger partial charge on any atom is -0.354 e. The van der Waals surface area contributed by atoms with Crippen LogP contribution in [0.4, 0.5) is 10.1 Å². The molecule has 0 saturated heterocycles. The summed E-state index contributed by atoms with van der Waals surface area (Å²) in [5.74, 6) is -1.43. The molecule has 0 aliphatic heterocycles. The van der Waals surface area contributed by atoms with Crippen molar-refractivity contribution >= 4 is 39.1 Å². The molecule has 3 aromatic rings. The number of amides is 2. The average Bonchev–Trinajstić information content (AvgIpc) is 2.92. The van der Waals surface area contributed by atoms with Crippen molar-refractivity contribution in [3.8, 4) is 0 Å². The first-order valence-corrected chi connectivity index (χ1v) is 14.5. The van der Waals surface area contributed by atoms with Crippen LogP contribution in [-0.2, 0) is 26.2 Å². The molecule has 1 N–H and O–H groups in total. The van der Waals surface area contributed by atoms with Crippen LogP contribution in [0, 0.1) is 11.7 Å². The Bertz CT molecular complexity index is 1370. The molecule has 0 saturated carbocycles. The normalized spacial score (nSPS) is 12.2. The zero-order chi connectivity index (χ0) is 28.6. The quantitative estimate of drug-likeness (QED) is 0.320. The highest BCUT2D eigenvalue weighted by Crippen LogP contribution is 2.28. The lowest BCUT2D eigenvalue weighted by Gasteiger charge is -2.33. The SMILES string of the molecule is CC[C@H](C(=O)NCC(C)C)N(Cc1ccccc1)C(=O)CN(c1ccc(F)c(Cl)c1)S(=O)(=O)c1ccccc1. The molecule has 2 amide bonds. The molecule has 0 bridgehead atoms. The third-order valence-corrected chi connectivity index (χ3v) is 8.15. The lowest BCUT2D eigenvalue weighted by Crippen LogP contribution is -2.52. The Balaban J connectivity index is 2.04. The monoisotopic (exact) mass is 573 g/mol. The van der Waals surface area contributed by atoms with E-state index < -0.39 is 34.3 Å². The predicted octanol–water partition coefficient (Wildman–Crippen LogP) is 5.25. The molecule has 0 unspecified atom stereocenters. The molecule has 3 aromatic carbocycles. The Morgan fingerprint density at radius 1 is 0.974 bits per heavy atom. The summed E-state index contributed by atoms with van der Waals surface area (Å²) < 4.78 is 42.3. The predicted molar refractivity (Wildman–Crippen MR) is 151 cm³/mol. The maximum Gasteiger partial charge on any atom is 0.264 e. The van der Waals surface area contributed by atoms with Crippen molar-refractivity contribution in [3.05, 3.63) is 95.3 Å². The van der Waals surface area contributed by atoms with E-state index in [0.29, 0.717) is 13.0 Å². The van der Waals surface area contributed by atoms with E-state index in [1.54, 1.807) is 25.1 Å². The van der Waals surface area contributed by atoms with Crippen molar-refractivity contribution < 1.29 is 22.4 Å². The minimum absolute atomic E-state index is 0.0237. The molecule has 3 rings (SSSR count). The van der Waals surface area contributed by atoms with Gasteiger partial charge in [-0.1, -0.05) is 80.9 Å². The third kappa shape index (κ3) is 7.80. The van der Waals surface area contributed by atoms with Gasteiger partial charge in [-0.15, -0.1) is 0 Å². The first-order chi connectivity index (χ1) is 18.5. The Hall–Kier alpha value is -3.43. The summed E-state index contributed by atoms with van der Waals surface area (Å²) >= 11 is 5.99. The number of sulfonamides is 1. The molecule has 0 aromatic heterocycles. The fourth-order valence-electron chi connectivity index (χ4n) is 4.01. The highest BCUT2D eigenvalue weighted by Gasteiger charge is 2.33. The second-order valence-corrected chi connectivity index (χ2v) is 11.8. The van der Waals surface area contributed by atoms with Crippen molar-refractivity contribution in [3.63, 3.8) is 0 Å². The molecule has 0 radical (unpaired) electrons. The van der Waals surface area contributed by atoms with Crippen molar-refractivity contribution in [2.75, 3.05) is 17.4 Å². The van der Waals surface area contributed by atoms with Crippen LogP contribution in [0.3, 0.4) is 0 Å². The summed E-state index contributed by atoms with van der Waals surface area (Å²) in [5, 5.41) is 2.60. The van der Waals surface area contributed by atoms with Gasteiger partial charge in [0.05, 0.1) is 15.6 Å². The van der Waals surface area contributed by atoms with Crippen molar-refractivity contribution in [1.29, 1.82) is 0 Å². The van der Waals surface area contributed by atoms with E-state index in [2.05, 4.69) is 5.32 Å². The van der Waals surface area contributed by atoms with Crippen LogP contribution >= 0.6 is 11.6 Å². The second kappa shape index (κ2) is 13.6. The van der Waals surface area contributed by atoms with Crippen molar-refractivity contribution in [2.45, 2.75) is 44.7 Å². The first-order valence-electron chi connectivity index (χ1n) is 12.7. The number of carbonyl (C=O) groups is 2. The Morgan fingerprint density at radius 2 is 1.59 bits per heavy atom. The lowest BCUT2D eigenvalue weighted by atomic mass is 10.1. The molecule has 10 heteroatoms. The number of nitrogens with one attached hydrogen (secondary N) is 1. The van der Waals surface area contributed by atoms with Gasteiger partial charge in [-0.05, 0) is 48.2 Å². The van der Waals surface area contributed by atoms with E-state index in [1.807, 2.05) is 44.2 Å². The molecule has 208 valence electrons. The van der Waals surface area contributed by atoms with Crippen LogP contribution < -0.4 is 9.62 Å². The maximum absolute atomic E-state index is 14.0. The molecule has 0 fully saturated rings. The highest BCUT2D eigenvalue weighted by molar-refractivity contribution is 7.92. The highest BCUT2D eigenvalue weighted by atomic mass is 35.5. The molecule has 1 atom stereocenters. The average molecular weight is 574 g/mol. The number of benzene rings is 3. The standard InChI is InChI=1S/C29H33ClFN3O4S/c1-4-27(29(36)32-18-21(2)3)33(19-22-11-7-5-8-12-22)28(35)20-34(23-15-16-26(31)25(30)17-23)39(37,38)24-13-9-6-10-14-24/h5-17,21,27H,4,18-20H2,1-3H3,(H,32,36)/t27-/m1/s1. The zero-order valence-corrected chi connectivity index (χ0v) is 23.8. The number of nitrogens with zero attached hydrogens (tertiary/aromatic N) is 2. The van der Waals surface area contributed by atoms with Gasteiger partial charge in [0.1, 0.15) is 18.4 Å². The summed E-state index contributed by atoms with van der Waals surface area (Å²) in [5.41, 5.74) is 0.804. The number of halogens is 2. The van der Waals surface area contributed by atoms with Crippen LogP contribution in [-0.4, -0.2) is 44.3 Å². The van der Waals surface area contributed by atoms with Crippen LogP contribution in [0.5, 0.6) is 0 Å². The van der Waals surface area contributed by atoms with E-state index in [4.69, 9.17) is 11.6 Å². The van der Waals surface area contributed by atoms with E-state index in [9.17, 15) is 22.4 Å². The fourth-order valence-corrected chi connectivity index (χ4v) is 5.61. The summed E-state index contributed by atoms with van der Waals surface area (Å²) in [7, 11) is -4.26. The van der Waals surface area contributed by atoms with Gasteiger partial charge in [-0.3, -0.25) is 13.9 Å². The number of anilines is 1. The summed E-state index contributed by atoms with van der Waals surface area (Å²) in [4.78, 5) is 28.5. The van der Waals surface area contributed by atoms with E-state index >= 15 is 0 Å². The Morgan fingerprint density at radius 3 is 2.15 bits per heavy atom. The fraction of sp³-hybridized carbons (Fsp3) is 0.310. The van der Waals surface area contributed by atoms with Gasteiger partial charge in [0.2, 0.25) is 11.8 Å². The smallest absolute Gasteiger partial charge is 0.264 e. The number of hydrogen-bond donors (Lipinski definition) is 1. The zero-order valence-electron chi connectivity index (χ0n) is 22.2. The molecular weight excluding hydrogens is 541 g/mol. The van der Waals surface area contributed by atoms with Gasteiger partial charge in [0.15, 0.2) is 0 Å². The van der Waals surface area contributed by atoms with Crippen LogP contribution in [0.2, 0.25) is 5.02 Å². The van der Waals surface area contributed by atoms with Gasteiger partial charge in [0.25, 0.3) is 10.0 Å². The second-order valence-electron chi connectivity index (χ2n) is 9.49. The van der Waals surface area contributed by atoms with Gasteiger partial charge >= 0.3 is 0 Å². The van der Waals surface area contributed by atoms with Crippen LogP contribution in [0.15, 0.2) is 83.8 Å². The van der Waals surface area contributed by atoms with Gasteiger partial charge < -0.3 is 10.2 Å². The van der Waals surface area contributed by atoms with E-state index in [0.717, 1.165) is 15.9 Å². The first kappa shape index (κ1) is 30.1. The summed E-state index contributed by atoms with van der Waals surface area (Å²) in [6.45, 7) is 5.63.